The quantitative estimate of drug-likeness (QED) is 0.504. The fourth-order valence-electron chi connectivity index (χ4n) is 4.44. The molecule has 9 heteroatoms. The van der Waals surface area contributed by atoms with Gasteiger partial charge in [0.15, 0.2) is 5.78 Å². The molecule has 9 nitrogen and oxygen atoms in total. The molecule has 2 aliphatic heterocycles. The Hall–Kier alpha value is -3.58. The topological polar surface area (TPSA) is 106 Å². The maximum atomic E-state index is 12.5. The highest BCUT2D eigenvalue weighted by molar-refractivity contribution is 5.89. The zero-order valence-corrected chi connectivity index (χ0v) is 21.1. The second-order valence-corrected chi connectivity index (χ2v) is 9.21. The minimum atomic E-state index is -1.12. The lowest BCUT2D eigenvalue weighted by molar-refractivity contribution is -0.125. The van der Waals surface area contributed by atoms with Crippen LogP contribution < -0.4 is 15.1 Å². The van der Waals surface area contributed by atoms with Crippen molar-refractivity contribution in [3.63, 3.8) is 0 Å². The molecule has 196 valence electrons. The molecule has 0 unspecified atom stereocenters. The Morgan fingerprint density at radius 2 is 1.35 bits per heavy atom. The number of carbonyl (C=O) groups is 2. The highest BCUT2D eigenvalue weighted by Crippen LogP contribution is 2.18. The average molecular weight is 507 g/mol. The summed E-state index contributed by atoms with van der Waals surface area (Å²) in [6, 6.07) is 14.8. The first-order chi connectivity index (χ1) is 17.9. The summed E-state index contributed by atoms with van der Waals surface area (Å²) in [5.74, 6) is 5.84. The average Bonchev–Trinajstić information content (AvgIpc) is 2.95. The maximum Gasteiger partial charge on any atom is 0.318 e. The predicted molar refractivity (Wildman–Crippen MR) is 142 cm³/mol. The number of urea groups is 1. The van der Waals surface area contributed by atoms with E-state index >= 15 is 0 Å². The number of morpholine rings is 1. The van der Waals surface area contributed by atoms with Gasteiger partial charge in [-0.05, 0) is 55.5 Å². The Morgan fingerprint density at radius 3 is 1.81 bits per heavy atom. The summed E-state index contributed by atoms with van der Waals surface area (Å²) < 4.78 is 5.41. The van der Waals surface area contributed by atoms with Crippen molar-refractivity contribution < 1.29 is 24.5 Å². The van der Waals surface area contributed by atoms with Crippen LogP contribution in [0.3, 0.4) is 0 Å². The Labute approximate surface area is 217 Å². The molecule has 2 aromatic carbocycles. The van der Waals surface area contributed by atoms with Crippen LogP contribution in [-0.2, 0) is 9.53 Å². The number of anilines is 2. The number of aliphatic hydroxyl groups excluding tert-OH is 2. The second-order valence-electron chi connectivity index (χ2n) is 9.21. The summed E-state index contributed by atoms with van der Waals surface area (Å²) in [6.07, 6.45) is -1.08. The van der Waals surface area contributed by atoms with Gasteiger partial charge in [-0.25, -0.2) is 4.79 Å². The van der Waals surface area contributed by atoms with E-state index in [1.165, 1.54) is 12.6 Å². The van der Waals surface area contributed by atoms with Gasteiger partial charge >= 0.3 is 6.03 Å². The molecule has 37 heavy (non-hydrogen) atoms. The molecular formula is C28H34N4O5. The van der Waals surface area contributed by atoms with Gasteiger partial charge in [-0.15, -0.1) is 0 Å². The van der Waals surface area contributed by atoms with Gasteiger partial charge in [0.05, 0.1) is 19.3 Å². The van der Waals surface area contributed by atoms with Crippen molar-refractivity contribution >= 4 is 23.2 Å². The van der Waals surface area contributed by atoms with E-state index in [4.69, 9.17) is 9.84 Å². The molecule has 2 fully saturated rings. The van der Waals surface area contributed by atoms with Crippen LogP contribution in [0.25, 0.3) is 0 Å². The minimum absolute atomic E-state index is 0.420. The van der Waals surface area contributed by atoms with E-state index in [2.05, 4.69) is 39.1 Å². The third-order valence-corrected chi connectivity index (χ3v) is 6.66. The number of nitrogens with one attached hydrogen (secondary N) is 1. The van der Waals surface area contributed by atoms with E-state index in [1.807, 2.05) is 36.4 Å². The first kappa shape index (κ1) is 26.5. The van der Waals surface area contributed by atoms with Crippen molar-refractivity contribution in [3.8, 4) is 11.8 Å². The Kier molecular flexibility index (Phi) is 9.01. The van der Waals surface area contributed by atoms with Gasteiger partial charge in [0.1, 0.15) is 12.6 Å². The van der Waals surface area contributed by atoms with Crippen LogP contribution in [0.15, 0.2) is 48.5 Å². The molecule has 0 aliphatic carbocycles. The van der Waals surface area contributed by atoms with E-state index in [9.17, 15) is 14.7 Å². The van der Waals surface area contributed by atoms with Crippen LogP contribution in [0, 0.1) is 11.8 Å². The summed E-state index contributed by atoms with van der Waals surface area (Å²) in [5, 5.41) is 21.3. The normalized spacial score (nSPS) is 17.4. The third kappa shape index (κ3) is 7.01. The number of carbonyl (C=O) groups excluding carboxylic acids is 2. The number of Topliss-reactive ketones (excluding diaryl/α,β-unsaturated/α-hetero) is 1. The second kappa shape index (κ2) is 12.6. The number of amides is 2. The molecule has 2 saturated heterocycles. The summed E-state index contributed by atoms with van der Waals surface area (Å²) in [4.78, 5) is 30.4. The lowest BCUT2D eigenvalue weighted by Gasteiger charge is -2.36. The lowest BCUT2D eigenvalue weighted by Crippen LogP contribution is -2.57. The summed E-state index contributed by atoms with van der Waals surface area (Å²) in [6.45, 7) is 6.27. The zero-order valence-electron chi connectivity index (χ0n) is 21.1. The lowest BCUT2D eigenvalue weighted by atomic mass is 10.1. The molecule has 4 rings (SSSR count). The van der Waals surface area contributed by atoms with Crippen LogP contribution in [0.4, 0.5) is 16.2 Å². The van der Waals surface area contributed by atoms with E-state index in [-0.39, 0.29) is 0 Å². The van der Waals surface area contributed by atoms with E-state index in [0.717, 1.165) is 43.1 Å². The molecule has 0 radical (unpaired) electrons. The molecule has 2 aliphatic rings. The van der Waals surface area contributed by atoms with Crippen molar-refractivity contribution in [3.05, 3.63) is 59.7 Å². The van der Waals surface area contributed by atoms with Crippen LogP contribution >= 0.6 is 0 Å². The molecule has 2 amide bonds. The summed E-state index contributed by atoms with van der Waals surface area (Å²) in [7, 11) is 0. The Balaban J connectivity index is 1.28. The van der Waals surface area contributed by atoms with Crippen LogP contribution in [0.5, 0.6) is 0 Å². The van der Waals surface area contributed by atoms with Crippen molar-refractivity contribution in [2.75, 3.05) is 68.9 Å². The van der Waals surface area contributed by atoms with Gasteiger partial charge < -0.3 is 35.0 Å². The molecular weight excluding hydrogens is 472 g/mol. The van der Waals surface area contributed by atoms with Crippen molar-refractivity contribution in [1.29, 1.82) is 0 Å². The number of hydrogen-bond acceptors (Lipinski definition) is 7. The van der Waals surface area contributed by atoms with Crippen molar-refractivity contribution in [2.24, 2.45) is 0 Å². The molecule has 0 aromatic heterocycles. The van der Waals surface area contributed by atoms with Crippen LogP contribution in [-0.4, -0.2) is 98.2 Å². The predicted octanol–water partition coefficient (Wildman–Crippen LogP) is 1.07. The fraction of sp³-hybridized carbons (Fsp3) is 0.429. The zero-order chi connectivity index (χ0) is 26.2. The number of aliphatic hydroxyl groups is 2. The summed E-state index contributed by atoms with van der Waals surface area (Å²) in [5.41, 5.74) is 4.14. The molecule has 0 saturated carbocycles. The third-order valence-electron chi connectivity index (χ3n) is 6.66. The Bertz CT molecular complexity index is 1110. The van der Waals surface area contributed by atoms with Gasteiger partial charge in [-0.2, -0.15) is 0 Å². The first-order valence-electron chi connectivity index (χ1n) is 12.6. The molecule has 0 spiro atoms. The van der Waals surface area contributed by atoms with Gasteiger partial charge in [-0.3, -0.25) is 4.79 Å². The van der Waals surface area contributed by atoms with E-state index in [1.54, 1.807) is 4.90 Å². The number of rotatable bonds is 6. The van der Waals surface area contributed by atoms with Gasteiger partial charge in [0.25, 0.3) is 0 Å². The van der Waals surface area contributed by atoms with Gasteiger partial charge in [0, 0.05) is 61.8 Å². The largest absolute Gasteiger partial charge is 0.391 e. The smallest absolute Gasteiger partial charge is 0.318 e. The highest BCUT2D eigenvalue weighted by atomic mass is 16.5. The SMILES string of the molecule is C[C@H](O)[C@@H](NC(=O)N1CCN(c2ccc(C#Cc3ccc(N4CCOCC4)cc3)cc2)CC1)C(=O)CO. The van der Waals surface area contributed by atoms with Crippen molar-refractivity contribution in [1.82, 2.24) is 10.2 Å². The highest BCUT2D eigenvalue weighted by Gasteiger charge is 2.28. The monoisotopic (exact) mass is 506 g/mol. The van der Waals surface area contributed by atoms with Crippen molar-refractivity contribution in [2.45, 2.75) is 19.1 Å². The molecule has 3 N–H and O–H groups in total. The number of nitrogens with zero attached hydrogens (tertiary/aromatic N) is 3. The van der Waals surface area contributed by atoms with Gasteiger partial charge in [-0.1, -0.05) is 11.8 Å². The molecule has 2 heterocycles. The number of ether oxygens (including phenoxy) is 1. The fourth-order valence-corrected chi connectivity index (χ4v) is 4.44. The summed E-state index contributed by atoms with van der Waals surface area (Å²) >= 11 is 0. The van der Waals surface area contributed by atoms with Gasteiger partial charge in [0.2, 0.25) is 0 Å². The molecule has 2 atom stereocenters. The Morgan fingerprint density at radius 1 is 0.865 bits per heavy atom. The minimum Gasteiger partial charge on any atom is -0.391 e. The number of ketones is 1. The maximum absolute atomic E-state index is 12.5. The standard InChI is InChI=1S/C28H34N4O5/c1-21(34)27(26(35)20-33)29-28(36)32-14-12-30(13-15-32)24-8-4-22(5-9-24)2-3-23-6-10-25(11-7-23)31-16-18-37-19-17-31/h4-11,21,27,33-34H,12-20H2,1H3,(H,29,36)/t21-,27+/m0/s1. The number of hydrogen-bond donors (Lipinski definition) is 3. The van der Waals surface area contributed by atoms with Crippen LogP contribution in [0.2, 0.25) is 0 Å². The molecule has 2 aromatic rings. The van der Waals surface area contributed by atoms with E-state index in [0.29, 0.717) is 26.2 Å². The van der Waals surface area contributed by atoms with E-state index < -0.39 is 30.6 Å². The number of benzene rings is 2. The molecule has 0 bridgehead atoms. The van der Waals surface area contributed by atoms with Crippen LogP contribution in [0.1, 0.15) is 18.1 Å². The first-order valence-corrected chi connectivity index (χ1v) is 12.6. The number of piperazine rings is 1.